The van der Waals surface area contributed by atoms with Gasteiger partial charge in [-0.3, -0.25) is 9.59 Å². The molecule has 2 N–H and O–H groups in total. The molecule has 0 radical (unpaired) electrons. The van der Waals surface area contributed by atoms with Gasteiger partial charge in [-0.05, 0) is 37.6 Å². The Bertz CT molecular complexity index is 703. The van der Waals surface area contributed by atoms with Crippen molar-refractivity contribution in [3.63, 3.8) is 0 Å². The summed E-state index contributed by atoms with van der Waals surface area (Å²) in [6.45, 7) is 1.77. The zero-order chi connectivity index (χ0) is 18.2. The minimum Gasteiger partial charge on any atom is -0.481 e. The van der Waals surface area contributed by atoms with E-state index in [1.54, 1.807) is 31.2 Å². The normalized spacial score (nSPS) is 12.9. The maximum atomic E-state index is 12.7. The second-order valence-corrected chi connectivity index (χ2v) is 6.14. The highest BCUT2D eigenvalue weighted by molar-refractivity contribution is 6.30. The molecule has 0 aliphatic carbocycles. The van der Waals surface area contributed by atoms with Gasteiger partial charge in [-0.2, -0.15) is 0 Å². The lowest BCUT2D eigenvalue weighted by atomic mass is 10.1. The van der Waals surface area contributed by atoms with Crippen LogP contribution in [0.5, 0.6) is 5.75 Å². The van der Waals surface area contributed by atoms with Gasteiger partial charge in [0.15, 0.2) is 0 Å². The molecule has 25 heavy (non-hydrogen) atoms. The van der Waals surface area contributed by atoms with Crippen molar-refractivity contribution in [2.45, 2.75) is 31.9 Å². The summed E-state index contributed by atoms with van der Waals surface area (Å²) in [7, 11) is 0. The molecular weight excluding hydrogens is 342 g/mol. The molecule has 0 spiro atoms. The van der Waals surface area contributed by atoms with E-state index in [1.807, 2.05) is 30.3 Å². The van der Waals surface area contributed by atoms with Gasteiger partial charge in [0.05, 0.1) is 0 Å². The van der Waals surface area contributed by atoms with Crippen molar-refractivity contribution >= 4 is 23.5 Å². The maximum Gasteiger partial charge on any atom is 0.303 e. The summed E-state index contributed by atoms with van der Waals surface area (Å²) in [6.07, 6.45) is -0.492. The number of carbonyl (C=O) groups excluding carboxylic acids is 1. The fourth-order valence-electron chi connectivity index (χ4n) is 2.28. The minimum atomic E-state index is -0.891. The number of amides is 1. The second-order valence-electron chi connectivity index (χ2n) is 5.70. The molecule has 2 atom stereocenters. The summed E-state index contributed by atoms with van der Waals surface area (Å²) in [6, 6.07) is 15.6. The number of aliphatic carboxylic acids is 1. The standard InChI is InChI=1S/C19H20ClNO4/c1-13(7-12-17(22)23)21-19(24)18(14-5-3-2-4-6-14)25-16-10-8-15(20)9-11-16/h2-6,8-11,13,18H,7,12H2,1H3,(H,21,24)(H,22,23). The molecule has 2 aromatic rings. The van der Waals surface area contributed by atoms with Gasteiger partial charge in [-0.15, -0.1) is 0 Å². The fraction of sp³-hybridized carbons (Fsp3) is 0.263. The van der Waals surface area contributed by atoms with E-state index in [-0.39, 0.29) is 18.4 Å². The van der Waals surface area contributed by atoms with E-state index in [4.69, 9.17) is 21.4 Å². The molecule has 2 unspecified atom stereocenters. The third-order valence-electron chi connectivity index (χ3n) is 3.59. The van der Waals surface area contributed by atoms with Crippen LogP contribution in [0.1, 0.15) is 31.4 Å². The number of nitrogens with one attached hydrogen (secondary N) is 1. The van der Waals surface area contributed by atoms with Gasteiger partial charge in [-0.25, -0.2) is 0 Å². The average Bonchev–Trinajstić information content (AvgIpc) is 2.60. The van der Waals surface area contributed by atoms with Gasteiger partial charge >= 0.3 is 5.97 Å². The Hall–Kier alpha value is -2.53. The number of carbonyl (C=O) groups is 2. The number of carboxylic acids is 1. The van der Waals surface area contributed by atoms with Gasteiger partial charge in [0, 0.05) is 23.0 Å². The third kappa shape index (κ3) is 6.12. The van der Waals surface area contributed by atoms with E-state index in [0.717, 1.165) is 0 Å². The van der Waals surface area contributed by atoms with Crippen LogP contribution in [0.15, 0.2) is 54.6 Å². The fourth-order valence-corrected chi connectivity index (χ4v) is 2.41. The van der Waals surface area contributed by atoms with Crippen molar-refractivity contribution < 1.29 is 19.4 Å². The van der Waals surface area contributed by atoms with Crippen LogP contribution >= 0.6 is 11.6 Å². The molecule has 2 rings (SSSR count). The molecule has 0 saturated heterocycles. The largest absolute Gasteiger partial charge is 0.481 e. The zero-order valence-electron chi connectivity index (χ0n) is 13.8. The molecule has 0 bridgehead atoms. The Labute approximate surface area is 151 Å². The monoisotopic (exact) mass is 361 g/mol. The first-order valence-electron chi connectivity index (χ1n) is 7.95. The highest BCUT2D eigenvalue weighted by Crippen LogP contribution is 2.24. The van der Waals surface area contributed by atoms with Crippen LogP contribution in [0.2, 0.25) is 5.02 Å². The maximum absolute atomic E-state index is 12.7. The van der Waals surface area contributed by atoms with E-state index in [1.165, 1.54) is 0 Å². The number of rotatable bonds is 8. The number of hydrogen-bond acceptors (Lipinski definition) is 3. The summed E-state index contributed by atoms with van der Waals surface area (Å²) >= 11 is 5.87. The molecule has 6 heteroatoms. The zero-order valence-corrected chi connectivity index (χ0v) is 14.6. The highest BCUT2D eigenvalue weighted by Gasteiger charge is 2.24. The number of carboxylic acid groups (broad SMARTS) is 1. The highest BCUT2D eigenvalue weighted by atomic mass is 35.5. The average molecular weight is 362 g/mol. The van der Waals surface area contributed by atoms with Crippen LogP contribution in [0.4, 0.5) is 0 Å². The molecule has 2 aromatic carbocycles. The number of halogens is 1. The smallest absolute Gasteiger partial charge is 0.303 e. The molecule has 0 aromatic heterocycles. The van der Waals surface area contributed by atoms with Gasteiger partial charge in [0.25, 0.3) is 5.91 Å². The molecule has 0 aliphatic heterocycles. The predicted molar refractivity (Wildman–Crippen MR) is 95.7 cm³/mol. The molecule has 0 aliphatic rings. The molecule has 1 amide bonds. The lowest BCUT2D eigenvalue weighted by Crippen LogP contribution is -2.38. The van der Waals surface area contributed by atoms with Gasteiger partial charge in [-0.1, -0.05) is 41.9 Å². The number of benzene rings is 2. The van der Waals surface area contributed by atoms with Crippen LogP contribution in [-0.2, 0) is 9.59 Å². The van der Waals surface area contributed by atoms with Gasteiger partial charge < -0.3 is 15.2 Å². The summed E-state index contributed by atoms with van der Waals surface area (Å²) in [5.41, 5.74) is 0.709. The van der Waals surface area contributed by atoms with Crippen molar-refractivity contribution in [1.82, 2.24) is 5.32 Å². The van der Waals surface area contributed by atoms with Gasteiger partial charge in [0.2, 0.25) is 6.10 Å². The van der Waals surface area contributed by atoms with E-state index >= 15 is 0 Å². The first-order chi connectivity index (χ1) is 12.0. The quantitative estimate of drug-likeness (QED) is 0.749. The van der Waals surface area contributed by atoms with Crippen LogP contribution in [0.3, 0.4) is 0 Å². The number of hydrogen-bond donors (Lipinski definition) is 2. The summed E-state index contributed by atoms with van der Waals surface area (Å²) in [5.74, 6) is -0.691. The molecule has 132 valence electrons. The first kappa shape index (κ1) is 18.8. The molecule has 0 fully saturated rings. The summed E-state index contributed by atoms with van der Waals surface area (Å²) < 4.78 is 5.86. The van der Waals surface area contributed by atoms with Crippen molar-refractivity contribution in [2.75, 3.05) is 0 Å². The molecule has 0 saturated carbocycles. The van der Waals surface area contributed by atoms with E-state index in [0.29, 0.717) is 22.8 Å². The SMILES string of the molecule is CC(CCC(=O)O)NC(=O)C(Oc1ccc(Cl)cc1)c1ccccc1. The lowest BCUT2D eigenvalue weighted by molar-refractivity contribution is -0.137. The van der Waals surface area contributed by atoms with E-state index < -0.39 is 12.1 Å². The van der Waals surface area contributed by atoms with Gasteiger partial charge in [0.1, 0.15) is 5.75 Å². The van der Waals surface area contributed by atoms with Crippen LogP contribution in [-0.4, -0.2) is 23.0 Å². The Kier molecular flexibility index (Phi) is 6.83. The Balaban J connectivity index is 2.12. The van der Waals surface area contributed by atoms with Crippen molar-refractivity contribution in [1.29, 1.82) is 0 Å². The molecular formula is C19H20ClNO4. The van der Waals surface area contributed by atoms with Crippen molar-refractivity contribution in [3.8, 4) is 5.75 Å². The van der Waals surface area contributed by atoms with E-state index in [2.05, 4.69) is 5.32 Å². The molecule has 5 nitrogen and oxygen atoms in total. The lowest BCUT2D eigenvalue weighted by Gasteiger charge is -2.21. The molecule has 0 heterocycles. The topological polar surface area (TPSA) is 75.6 Å². The van der Waals surface area contributed by atoms with Crippen molar-refractivity contribution in [3.05, 3.63) is 65.2 Å². The van der Waals surface area contributed by atoms with Crippen molar-refractivity contribution in [2.24, 2.45) is 0 Å². The second kappa shape index (κ2) is 9.08. The number of ether oxygens (including phenoxy) is 1. The first-order valence-corrected chi connectivity index (χ1v) is 8.33. The van der Waals surface area contributed by atoms with Crippen LogP contribution in [0.25, 0.3) is 0 Å². The van der Waals surface area contributed by atoms with Crippen LogP contribution < -0.4 is 10.1 Å². The van der Waals surface area contributed by atoms with Crippen LogP contribution in [0, 0.1) is 0 Å². The Morgan fingerprint density at radius 3 is 2.36 bits per heavy atom. The van der Waals surface area contributed by atoms with E-state index in [9.17, 15) is 9.59 Å². The third-order valence-corrected chi connectivity index (χ3v) is 3.84. The Morgan fingerprint density at radius 2 is 1.76 bits per heavy atom. The summed E-state index contributed by atoms with van der Waals surface area (Å²) in [4.78, 5) is 23.3. The minimum absolute atomic E-state index is 0.00447. The predicted octanol–water partition coefficient (Wildman–Crippen LogP) is 3.83. The Morgan fingerprint density at radius 1 is 1.12 bits per heavy atom. The summed E-state index contributed by atoms with van der Waals surface area (Å²) in [5, 5.41) is 12.1.